The van der Waals surface area contributed by atoms with Gasteiger partial charge in [0.1, 0.15) is 17.7 Å². The van der Waals surface area contributed by atoms with Crippen molar-refractivity contribution in [3.63, 3.8) is 0 Å². The molecule has 0 saturated heterocycles. The lowest BCUT2D eigenvalue weighted by atomic mass is 10.1. The van der Waals surface area contributed by atoms with Crippen LogP contribution in [0.4, 0.5) is 8.78 Å². The second kappa shape index (κ2) is 9.97. The number of nitrogens with one attached hydrogen (secondary N) is 1. The molecule has 0 fully saturated rings. The molecule has 2 amide bonds. The van der Waals surface area contributed by atoms with Gasteiger partial charge < -0.3 is 10.2 Å². The minimum absolute atomic E-state index is 0.00344. The molecule has 1 unspecified atom stereocenters. The highest BCUT2D eigenvalue weighted by Gasteiger charge is 2.27. The van der Waals surface area contributed by atoms with E-state index in [9.17, 15) is 18.4 Å². The van der Waals surface area contributed by atoms with E-state index in [1.54, 1.807) is 25.1 Å². The lowest BCUT2D eigenvalue weighted by molar-refractivity contribution is -0.140. The molecule has 0 saturated carbocycles. The molecule has 28 heavy (non-hydrogen) atoms. The number of rotatable bonds is 8. The van der Waals surface area contributed by atoms with Crippen LogP contribution < -0.4 is 5.32 Å². The quantitative estimate of drug-likeness (QED) is 0.750. The van der Waals surface area contributed by atoms with Crippen LogP contribution in [0.15, 0.2) is 48.5 Å². The third-order valence-corrected chi connectivity index (χ3v) is 4.42. The summed E-state index contributed by atoms with van der Waals surface area (Å²) in [6, 6.07) is 11.0. The van der Waals surface area contributed by atoms with Gasteiger partial charge in [0.15, 0.2) is 0 Å². The summed E-state index contributed by atoms with van der Waals surface area (Å²) in [6.45, 7) is 6.04. The van der Waals surface area contributed by atoms with Crippen molar-refractivity contribution in [3.8, 4) is 0 Å². The largest absolute Gasteiger partial charge is 0.354 e. The van der Waals surface area contributed by atoms with Crippen molar-refractivity contribution in [1.29, 1.82) is 0 Å². The second-order valence-electron chi connectivity index (χ2n) is 7.23. The number of amides is 2. The van der Waals surface area contributed by atoms with E-state index in [0.717, 1.165) is 0 Å². The normalized spacial score (nSPS) is 11.9. The van der Waals surface area contributed by atoms with Gasteiger partial charge in [-0.15, -0.1) is 0 Å². The van der Waals surface area contributed by atoms with Crippen molar-refractivity contribution < 1.29 is 18.4 Å². The molecular weight excluding hydrogens is 362 g/mol. The van der Waals surface area contributed by atoms with Gasteiger partial charge in [-0.3, -0.25) is 9.59 Å². The van der Waals surface area contributed by atoms with Crippen LogP contribution in [0.5, 0.6) is 0 Å². The topological polar surface area (TPSA) is 49.4 Å². The molecule has 150 valence electrons. The van der Waals surface area contributed by atoms with Crippen molar-refractivity contribution in [2.24, 2.45) is 5.92 Å². The van der Waals surface area contributed by atoms with Gasteiger partial charge in [-0.05, 0) is 36.6 Å². The van der Waals surface area contributed by atoms with E-state index in [0.29, 0.717) is 17.7 Å². The van der Waals surface area contributed by atoms with Crippen molar-refractivity contribution in [1.82, 2.24) is 10.2 Å². The van der Waals surface area contributed by atoms with Gasteiger partial charge >= 0.3 is 0 Å². The monoisotopic (exact) mass is 388 g/mol. The van der Waals surface area contributed by atoms with Gasteiger partial charge in [0.05, 0.1) is 6.42 Å². The maximum atomic E-state index is 14.1. The van der Waals surface area contributed by atoms with E-state index in [2.05, 4.69) is 5.32 Å². The van der Waals surface area contributed by atoms with Crippen LogP contribution in [-0.4, -0.2) is 29.3 Å². The Bertz CT molecular complexity index is 806. The highest BCUT2D eigenvalue weighted by atomic mass is 19.1. The molecule has 6 heteroatoms. The number of benzene rings is 2. The highest BCUT2D eigenvalue weighted by Crippen LogP contribution is 2.15. The SMILES string of the molecule is CC(C)CNC(=O)C(C)N(Cc1ccccc1F)C(=O)Cc1ccc(F)cc1. The molecule has 0 heterocycles. The Labute approximate surface area is 164 Å². The molecule has 1 N–H and O–H groups in total. The van der Waals surface area contributed by atoms with E-state index in [4.69, 9.17) is 0 Å². The van der Waals surface area contributed by atoms with E-state index >= 15 is 0 Å². The first-order valence-corrected chi connectivity index (χ1v) is 9.33. The molecule has 1 atom stereocenters. The van der Waals surface area contributed by atoms with E-state index in [1.807, 2.05) is 13.8 Å². The summed E-state index contributed by atoms with van der Waals surface area (Å²) in [5.74, 6) is -1.18. The highest BCUT2D eigenvalue weighted by molar-refractivity contribution is 5.88. The van der Waals surface area contributed by atoms with E-state index < -0.39 is 11.9 Å². The van der Waals surface area contributed by atoms with Gasteiger partial charge in [0.2, 0.25) is 11.8 Å². The molecule has 0 aliphatic carbocycles. The average Bonchev–Trinajstić information content (AvgIpc) is 2.66. The molecule has 0 spiro atoms. The third kappa shape index (κ3) is 6.15. The fourth-order valence-corrected chi connectivity index (χ4v) is 2.72. The first kappa shape index (κ1) is 21.5. The third-order valence-electron chi connectivity index (χ3n) is 4.42. The summed E-state index contributed by atoms with van der Waals surface area (Å²) in [6.07, 6.45) is -0.00344. The average molecular weight is 388 g/mol. The Morgan fingerprint density at radius 2 is 1.64 bits per heavy atom. The maximum absolute atomic E-state index is 14.1. The van der Waals surface area contributed by atoms with Gasteiger partial charge in [-0.2, -0.15) is 0 Å². The van der Waals surface area contributed by atoms with Crippen LogP contribution in [0.3, 0.4) is 0 Å². The van der Waals surface area contributed by atoms with E-state index in [1.165, 1.54) is 35.2 Å². The van der Waals surface area contributed by atoms with Crippen LogP contribution in [0, 0.1) is 17.6 Å². The van der Waals surface area contributed by atoms with E-state index in [-0.39, 0.29) is 36.5 Å². The van der Waals surface area contributed by atoms with Crippen LogP contribution in [0.1, 0.15) is 31.9 Å². The summed E-state index contributed by atoms with van der Waals surface area (Å²) in [5.41, 5.74) is 0.957. The smallest absolute Gasteiger partial charge is 0.242 e. The molecular formula is C22H26F2N2O2. The van der Waals surface area contributed by atoms with Crippen LogP contribution >= 0.6 is 0 Å². The van der Waals surface area contributed by atoms with Crippen molar-refractivity contribution in [3.05, 3.63) is 71.3 Å². The number of nitrogens with zero attached hydrogens (tertiary/aromatic N) is 1. The summed E-state index contributed by atoms with van der Waals surface area (Å²) >= 11 is 0. The van der Waals surface area contributed by atoms with Crippen LogP contribution in [-0.2, 0) is 22.6 Å². The fourth-order valence-electron chi connectivity index (χ4n) is 2.72. The Kier molecular flexibility index (Phi) is 7.67. The van der Waals surface area contributed by atoms with Gasteiger partial charge in [-0.25, -0.2) is 8.78 Å². The number of carbonyl (C=O) groups excluding carboxylic acids is 2. The fraction of sp³-hybridized carbons (Fsp3) is 0.364. The summed E-state index contributed by atoms with van der Waals surface area (Å²) in [4.78, 5) is 26.8. The van der Waals surface area contributed by atoms with Crippen molar-refractivity contribution in [2.75, 3.05) is 6.54 Å². The molecule has 4 nitrogen and oxygen atoms in total. The Hall–Kier alpha value is -2.76. The predicted octanol–water partition coefficient (Wildman–Crippen LogP) is 3.70. The Balaban J connectivity index is 2.21. The maximum Gasteiger partial charge on any atom is 0.242 e. The van der Waals surface area contributed by atoms with Crippen LogP contribution in [0.25, 0.3) is 0 Å². The zero-order valence-corrected chi connectivity index (χ0v) is 16.4. The lowest BCUT2D eigenvalue weighted by Crippen LogP contribution is -2.48. The molecule has 0 radical (unpaired) electrons. The number of hydrogen-bond acceptors (Lipinski definition) is 2. The molecule has 0 aliphatic heterocycles. The Morgan fingerprint density at radius 1 is 1.00 bits per heavy atom. The molecule has 0 bridgehead atoms. The summed E-state index contributed by atoms with van der Waals surface area (Å²) < 4.78 is 27.2. The number of carbonyl (C=O) groups is 2. The first-order chi connectivity index (χ1) is 13.3. The van der Waals surface area contributed by atoms with Crippen LogP contribution in [0.2, 0.25) is 0 Å². The summed E-state index contributed by atoms with van der Waals surface area (Å²) in [5, 5.41) is 2.81. The molecule has 0 aliphatic rings. The minimum Gasteiger partial charge on any atom is -0.354 e. The van der Waals surface area contributed by atoms with Gasteiger partial charge in [0, 0.05) is 18.7 Å². The zero-order chi connectivity index (χ0) is 20.7. The number of hydrogen-bond donors (Lipinski definition) is 1. The Morgan fingerprint density at radius 3 is 2.25 bits per heavy atom. The molecule has 0 aromatic heterocycles. The summed E-state index contributed by atoms with van der Waals surface area (Å²) in [7, 11) is 0. The standard InChI is InChI=1S/C22H26F2N2O2/c1-15(2)13-25-22(28)16(3)26(14-18-6-4-5-7-20(18)24)21(27)12-17-8-10-19(23)11-9-17/h4-11,15-16H,12-14H2,1-3H3,(H,25,28). The first-order valence-electron chi connectivity index (χ1n) is 9.33. The van der Waals surface area contributed by atoms with Crippen molar-refractivity contribution >= 4 is 11.8 Å². The predicted molar refractivity (Wildman–Crippen MR) is 104 cm³/mol. The number of halogens is 2. The molecule has 2 aromatic rings. The minimum atomic E-state index is -0.772. The second-order valence-corrected chi connectivity index (χ2v) is 7.23. The molecule has 2 rings (SSSR count). The van der Waals surface area contributed by atoms with Gasteiger partial charge in [0.25, 0.3) is 0 Å². The van der Waals surface area contributed by atoms with Gasteiger partial charge in [-0.1, -0.05) is 44.2 Å². The lowest BCUT2D eigenvalue weighted by Gasteiger charge is -2.29. The van der Waals surface area contributed by atoms with Crippen molar-refractivity contribution in [2.45, 2.75) is 39.8 Å². The molecule has 2 aromatic carbocycles. The zero-order valence-electron chi connectivity index (χ0n) is 16.4.